The topological polar surface area (TPSA) is 81.6 Å². The van der Waals surface area contributed by atoms with E-state index in [-0.39, 0.29) is 11.8 Å². The summed E-state index contributed by atoms with van der Waals surface area (Å²) in [4.78, 5) is 13.8. The van der Waals surface area contributed by atoms with Gasteiger partial charge in [-0.05, 0) is 12.3 Å². The lowest BCUT2D eigenvalue weighted by atomic mass is 9.80. The van der Waals surface area contributed by atoms with Crippen LogP contribution in [0, 0.1) is 5.92 Å². The number of nitrogens with two attached hydrogens (primary N) is 2. The molecular formula is C12H25N3O2. The highest BCUT2D eigenvalue weighted by atomic mass is 16.5. The fourth-order valence-corrected chi connectivity index (χ4v) is 2.14. The van der Waals surface area contributed by atoms with Gasteiger partial charge >= 0.3 is 0 Å². The largest absolute Gasteiger partial charge is 0.379 e. The van der Waals surface area contributed by atoms with Crippen molar-refractivity contribution >= 4 is 5.91 Å². The van der Waals surface area contributed by atoms with Crippen LogP contribution in [-0.4, -0.2) is 49.2 Å². The lowest BCUT2D eigenvalue weighted by Crippen LogP contribution is -2.58. The molecule has 1 aliphatic heterocycles. The number of hydrogen-bond acceptors (Lipinski definition) is 4. The Bertz CT molecular complexity index is 254. The van der Waals surface area contributed by atoms with E-state index in [1.807, 2.05) is 13.8 Å². The van der Waals surface area contributed by atoms with Crippen LogP contribution in [0.4, 0.5) is 0 Å². The number of primary amides is 1. The maximum atomic E-state index is 11.5. The summed E-state index contributed by atoms with van der Waals surface area (Å²) in [5.74, 6) is -0.277. The van der Waals surface area contributed by atoms with E-state index >= 15 is 0 Å². The van der Waals surface area contributed by atoms with E-state index in [2.05, 4.69) is 4.90 Å². The molecule has 0 aliphatic carbocycles. The number of morpholine rings is 1. The number of amides is 1. The predicted molar refractivity (Wildman–Crippen MR) is 67.4 cm³/mol. The molecular weight excluding hydrogens is 218 g/mol. The summed E-state index contributed by atoms with van der Waals surface area (Å²) in [5, 5.41) is 0. The summed E-state index contributed by atoms with van der Waals surface area (Å²) in [6.07, 6.45) is 1.49. The van der Waals surface area contributed by atoms with E-state index in [1.54, 1.807) is 0 Å². The van der Waals surface area contributed by atoms with Crippen molar-refractivity contribution in [2.45, 2.75) is 32.2 Å². The zero-order valence-corrected chi connectivity index (χ0v) is 10.9. The van der Waals surface area contributed by atoms with Gasteiger partial charge in [-0.1, -0.05) is 20.3 Å². The lowest BCUT2D eigenvalue weighted by molar-refractivity contribution is -0.125. The van der Waals surface area contributed by atoms with Crippen molar-refractivity contribution in [1.29, 1.82) is 0 Å². The third kappa shape index (κ3) is 3.66. The predicted octanol–water partition coefficient (Wildman–Crippen LogP) is -0.0624. The molecule has 0 unspecified atom stereocenters. The summed E-state index contributed by atoms with van der Waals surface area (Å²) in [6.45, 7) is 8.18. The van der Waals surface area contributed by atoms with Gasteiger partial charge in [0.2, 0.25) is 5.91 Å². The summed E-state index contributed by atoms with van der Waals surface area (Å²) in [7, 11) is 0. The highest BCUT2D eigenvalue weighted by Crippen LogP contribution is 2.22. The van der Waals surface area contributed by atoms with Crippen molar-refractivity contribution < 1.29 is 9.53 Å². The summed E-state index contributed by atoms with van der Waals surface area (Å²) < 4.78 is 5.28. The molecule has 4 N–H and O–H groups in total. The molecule has 1 heterocycles. The first kappa shape index (κ1) is 14.4. The maximum Gasteiger partial charge on any atom is 0.237 e. The molecule has 5 heteroatoms. The molecule has 100 valence electrons. The molecule has 5 nitrogen and oxygen atoms in total. The maximum absolute atomic E-state index is 11.5. The zero-order chi connectivity index (χ0) is 12.9. The SMILES string of the molecule is CC[C@H](C)[C@@](N)(CCN1CCOCC1)C(N)=O. The van der Waals surface area contributed by atoms with Crippen LogP contribution in [0.15, 0.2) is 0 Å². The second-order valence-electron chi connectivity index (χ2n) is 4.92. The van der Waals surface area contributed by atoms with Gasteiger partial charge in [0.05, 0.1) is 18.8 Å². The van der Waals surface area contributed by atoms with Crippen LogP contribution in [0.2, 0.25) is 0 Å². The first-order valence-electron chi connectivity index (χ1n) is 6.39. The standard InChI is InChI=1S/C12H25N3O2/c1-3-10(2)12(14,11(13)16)4-5-15-6-8-17-9-7-15/h10H,3-9,14H2,1-2H3,(H2,13,16)/t10-,12-/m0/s1. The van der Waals surface area contributed by atoms with Crippen molar-refractivity contribution in [2.24, 2.45) is 17.4 Å². The van der Waals surface area contributed by atoms with Crippen molar-refractivity contribution in [2.75, 3.05) is 32.8 Å². The minimum Gasteiger partial charge on any atom is -0.379 e. The molecule has 1 fully saturated rings. The Morgan fingerprint density at radius 3 is 2.53 bits per heavy atom. The average molecular weight is 243 g/mol. The molecule has 0 aromatic heterocycles. The van der Waals surface area contributed by atoms with Crippen LogP contribution in [0.3, 0.4) is 0 Å². The van der Waals surface area contributed by atoms with Gasteiger partial charge in [0.15, 0.2) is 0 Å². The molecule has 1 aliphatic rings. The smallest absolute Gasteiger partial charge is 0.237 e. The van der Waals surface area contributed by atoms with Crippen LogP contribution in [0.5, 0.6) is 0 Å². The van der Waals surface area contributed by atoms with E-state index in [4.69, 9.17) is 16.2 Å². The lowest BCUT2D eigenvalue weighted by Gasteiger charge is -2.35. The summed E-state index contributed by atoms with van der Waals surface area (Å²) in [6, 6.07) is 0. The fraction of sp³-hybridized carbons (Fsp3) is 0.917. The Labute approximate surface area is 103 Å². The minimum atomic E-state index is -0.882. The molecule has 0 aromatic carbocycles. The van der Waals surface area contributed by atoms with Crippen molar-refractivity contribution in [3.05, 3.63) is 0 Å². The molecule has 1 rings (SSSR count). The summed E-state index contributed by atoms with van der Waals surface area (Å²) in [5.41, 5.74) is 10.8. The quantitative estimate of drug-likeness (QED) is 0.684. The summed E-state index contributed by atoms with van der Waals surface area (Å²) >= 11 is 0. The molecule has 0 aromatic rings. The molecule has 17 heavy (non-hydrogen) atoms. The molecule has 0 spiro atoms. The van der Waals surface area contributed by atoms with E-state index in [0.29, 0.717) is 6.42 Å². The van der Waals surface area contributed by atoms with Gasteiger partial charge in [-0.15, -0.1) is 0 Å². The fourth-order valence-electron chi connectivity index (χ4n) is 2.14. The van der Waals surface area contributed by atoms with Crippen LogP contribution in [-0.2, 0) is 9.53 Å². The highest BCUT2D eigenvalue weighted by Gasteiger charge is 2.37. The first-order valence-corrected chi connectivity index (χ1v) is 6.39. The van der Waals surface area contributed by atoms with Gasteiger partial charge in [-0.2, -0.15) is 0 Å². The van der Waals surface area contributed by atoms with Crippen LogP contribution in [0.25, 0.3) is 0 Å². The minimum absolute atomic E-state index is 0.112. The van der Waals surface area contributed by atoms with Crippen LogP contribution in [0.1, 0.15) is 26.7 Å². The number of carbonyl (C=O) groups excluding carboxylic acids is 1. The number of rotatable bonds is 6. The number of ether oxygens (including phenoxy) is 1. The van der Waals surface area contributed by atoms with E-state index in [0.717, 1.165) is 39.3 Å². The Morgan fingerprint density at radius 1 is 1.47 bits per heavy atom. The Morgan fingerprint density at radius 2 is 2.06 bits per heavy atom. The second kappa shape index (κ2) is 6.33. The molecule has 1 saturated heterocycles. The number of nitrogens with zero attached hydrogens (tertiary/aromatic N) is 1. The van der Waals surface area contributed by atoms with Gasteiger partial charge in [-0.25, -0.2) is 0 Å². The van der Waals surface area contributed by atoms with Crippen molar-refractivity contribution in [3.8, 4) is 0 Å². The Hall–Kier alpha value is -0.650. The van der Waals surface area contributed by atoms with Gasteiger partial charge < -0.3 is 16.2 Å². The van der Waals surface area contributed by atoms with Crippen molar-refractivity contribution in [3.63, 3.8) is 0 Å². The molecule has 0 saturated carbocycles. The first-order chi connectivity index (χ1) is 8.00. The molecule has 2 atom stereocenters. The third-order valence-corrected chi connectivity index (χ3v) is 3.90. The van der Waals surface area contributed by atoms with Crippen LogP contribution < -0.4 is 11.5 Å². The third-order valence-electron chi connectivity index (χ3n) is 3.90. The Kier molecular flexibility index (Phi) is 5.36. The molecule has 0 radical (unpaired) electrons. The molecule has 1 amide bonds. The van der Waals surface area contributed by atoms with Crippen LogP contribution >= 0.6 is 0 Å². The normalized spacial score (nSPS) is 23.0. The average Bonchev–Trinajstić information content (AvgIpc) is 2.35. The highest BCUT2D eigenvalue weighted by molar-refractivity contribution is 5.84. The number of hydrogen-bond donors (Lipinski definition) is 2. The van der Waals surface area contributed by atoms with Gasteiger partial charge in [0, 0.05) is 19.6 Å². The van der Waals surface area contributed by atoms with E-state index in [1.165, 1.54) is 0 Å². The van der Waals surface area contributed by atoms with Gasteiger partial charge in [0.1, 0.15) is 0 Å². The number of carbonyl (C=O) groups is 1. The van der Waals surface area contributed by atoms with E-state index < -0.39 is 5.54 Å². The monoisotopic (exact) mass is 243 g/mol. The van der Waals surface area contributed by atoms with Crippen molar-refractivity contribution in [1.82, 2.24) is 4.90 Å². The Balaban J connectivity index is 2.51. The molecule has 0 bridgehead atoms. The zero-order valence-electron chi connectivity index (χ0n) is 10.9. The van der Waals surface area contributed by atoms with Gasteiger partial charge in [0.25, 0.3) is 0 Å². The van der Waals surface area contributed by atoms with Gasteiger partial charge in [-0.3, -0.25) is 9.69 Å². The second-order valence-corrected chi connectivity index (χ2v) is 4.92. The van der Waals surface area contributed by atoms with E-state index in [9.17, 15) is 4.79 Å².